The normalized spacial score (nSPS) is 25.9. The number of likely N-dealkylation sites (tertiary alicyclic amines) is 1. The number of hydrogen-bond acceptors (Lipinski definition) is 3. The first-order valence-electron chi connectivity index (χ1n) is 8.03. The zero-order valence-electron chi connectivity index (χ0n) is 13.1. The van der Waals surface area contributed by atoms with Crippen LogP contribution in [0.15, 0.2) is 30.3 Å². The van der Waals surface area contributed by atoms with E-state index in [2.05, 4.69) is 27.7 Å². The second kappa shape index (κ2) is 7.95. The van der Waals surface area contributed by atoms with Crippen LogP contribution in [0.4, 0.5) is 0 Å². The molecule has 4 nitrogen and oxygen atoms in total. The second-order valence-electron chi connectivity index (χ2n) is 6.36. The lowest BCUT2D eigenvalue weighted by atomic mass is 10.1. The van der Waals surface area contributed by atoms with E-state index in [0.717, 1.165) is 25.1 Å². The lowest BCUT2D eigenvalue weighted by Crippen LogP contribution is -2.42. The number of fused-ring (bicyclic) bond motifs is 2. The van der Waals surface area contributed by atoms with Gasteiger partial charge in [-0.15, -0.1) is 12.4 Å². The largest absolute Gasteiger partial charge is 0.348 e. The Morgan fingerprint density at radius 3 is 2.77 bits per heavy atom. The smallest absolute Gasteiger partial charge is 0.234 e. The first-order chi connectivity index (χ1) is 10.2. The summed E-state index contributed by atoms with van der Waals surface area (Å²) in [4.78, 5) is 14.5. The summed E-state index contributed by atoms with van der Waals surface area (Å²) in [5, 5.41) is 6.76. The van der Waals surface area contributed by atoms with E-state index >= 15 is 0 Å². The van der Waals surface area contributed by atoms with Crippen LogP contribution in [0.25, 0.3) is 0 Å². The van der Waals surface area contributed by atoms with Gasteiger partial charge < -0.3 is 10.6 Å². The molecule has 0 saturated carbocycles. The molecule has 2 bridgehead atoms. The molecule has 3 atom stereocenters. The van der Waals surface area contributed by atoms with Gasteiger partial charge in [0.2, 0.25) is 5.91 Å². The molecule has 1 aromatic rings. The molecule has 5 heteroatoms. The van der Waals surface area contributed by atoms with Crippen LogP contribution in [-0.2, 0) is 4.79 Å². The molecule has 1 aromatic carbocycles. The number of nitrogens with zero attached hydrogens (tertiary/aromatic N) is 1. The first kappa shape index (κ1) is 17.3. The summed E-state index contributed by atoms with van der Waals surface area (Å²) >= 11 is 0. The van der Waals surface area contributed by atoms with Crippen LogP contribution in [0, 0.1) is 0 Å². The molecule has 2 aliphatic heterocycles. The summed E-state index contributed by atoms with van der Waals surface area (Å²) in [5.74, 6) is 0.129. The number of carbonyl (C=O) groups excluding carboxylic acids is 1. The molecule has 1 amide bonds. The molecule has 2 fully saturated rings. The molecule has 3 rings (SSSR count). The van der Waals surface area contributed by atoms with Gasteiger partial charge in [-0.25, -0.2) is 0 Å². The lowest BCUT2D eigenvalue weighted by Gasteiger charge is -2.24. The van der Waals surface area contributed by atoms with Crippen molar-refractivity contribution in [2.24, 2.45) is 0 Å². The predicted octanol–water partition coefficient (Wildman–Crippen LogP) is 2.11. The van der Waals surface area contributed by atoms with Crippen molar-refractivity contribution in [1.29, 1.82) is 0 Å². The Morgan fingerprint density at radius 2 is 2.00 bits per heavy atom. The van der Waals surface area contributed by atoms with Crippen molar-refractivity contribution < 1.29 is 4.79 Å². The van der Waals surface area contributed by atoms with Crippen LogP contribution in [-0.4, -0.2) is 42.5 Å². The molecule has 0 spiro atoms. The maximum Gasteiger partial charge on any atom is 0.234 e. The molecule has 2 saturated heterocycles. The van der Waals surface area contributed by atoms with Crippen molar-refractivity contribution in [3.05, 3.63) is 35.9 Å². The number of halogens is 1. The number of hydrogen-bond donors (Lipinski definition) is 2. The van der Waals surface area contributed by atoms with Crippen molar-refractivity contribution in [3.63, 3.8) is 0 Å². The molecule has 2 aliphatic rings. The van der Waals surface area contributed by atoms with Gasteiger partial charge in [0.25, 0.3) is 0 Å². The monoisotopic (exact) mass is 323 g/mol. The first-order valence-corrected chi connectivity index (χ1v) is 8.03. The molecule has 122 valence electrons. The molecular formula is C17H26ClN3O. The summed E-state index contributed by atoms with van der Waals surface area (Å²) in [7, 11) is 0. The predicted molar refractivity (Wildman–Crippen MR) is 91.3 cm³/mol. The number of amides is 1. The highest BCUT2D eigenvalue weighted by Crippen LogP contribution is 2.20. The van der Waals surface area contributed by atoms with E-state index in [4.69, 9.17) is 0 Å². The molecule has 22 heavy (non-hydrogen) atoms. The Balaban J connectivity index is 0.00000176. The van der Waals surface area contributed by atoms with Crippen LogP contribution in [0.3, 0.4) is 0 Å². The van der Waals surface area contributed by atoms with E-state index in [1.54, 1.807) is 0 Å². The van der Waals surface area contributed by atoms with E-state index in [9.17, 15) is 4.79 Å². The van der Waals surface area contributed by atoms with E-state index in [-0.39, 0.29) is 24.4 Å². The van der Waals surface area contributed by atoms with Crippen molar-refractivity contribution in [2.45, 2.75) is 44.3 Å². The Morgan fingerprint density at radius 1 is 1.27 bits per heavy atom. The number of nitrogens with one attached hydrogen (secondary N) is 2. The molecular weight excluding hydrogens is 298 g/mol. The zero-order chi connectivity index (χ0) is 14.7. The Bertz CT molecular complexity index is 482. The SMILES string of the molecule is CC(NC(=O)CN1CCC2CCC(C1)N2)c1ccccc1.Cl. The summed E-state index contributed by atoms with van der Waals surface area (Å²) < 4.78 is 0. The van der Waals surface area contributed by atoms with E-state index in [0.29, 0.717) is 18.6 Å². The average molecular weight is 324 g/mol. The maximum absolute atomic E-state index is 12.2. The van der Waals surface area contributed by atoms with Crippen LogP contribution in [0.5, 0.6) is 0 Å². The lowest BCUT2D eigenvalue weighted by molar-refractivity contribution is -0.122. The van der Waals surface area contributed by atoms with E-state index in [1.165, 1.54) is 12.8 Å². The summed E-state index contributed by atoms with van der Waals surface area (Å²) in [6, 6.07) is 11.4. The Hall–Kier alpha value is -1.10. The fraction of sp³-hybridized carbons (Fsp3) is 0.588. The molecule has 2 heterocycles. The van der Waals surface area contributed by atoms with Crippen molar-refractivity contribution in [1.82, 2.24) is 15.5 Å². The van der Waals surface area contributed by atoms with E-state index < -0.39 is 0 Å². The third kappa shape index (κ3) is 4.45. The highest BCUT2D eigenvalue weighted by Gasteiger charge is 2.29. The molecule has 3 unspecified atom stereocenters. The third-order valence-electron chi connectivity index (χ3n) is 4.65. The van der Waals surface area contributed by atoms with Gasteiger partial charge in [-0.1, -0.05) is 30.3 Å². The van der Waals surface area contributed by atoms with Gasteiger partial charge in [0, 0.05) is 25.2 Å². The summed E-state index contributed by atoms with van der Waals surface area (Å²) in [5.41, 5.74) is 1.16. The van der Waals surface area contributed by atoms with Gasteiger partial charge in [-0.3, -0.25) is 9.69 Å². The number of benzene rings is 1. The van der Waals surface area contributed by atoms with Crippen LogP contribution in [0.2, 0.25) is 0 Å². The average Bonchev–Trinajstić information content (AvgIpc) is 2.82. The van der Waals surface area contributed by atoms with Gasteiger partial charge >= 0.3 is 0 Å². The van der Waals surface area contributed by atoms with Crippen molar-refractivity contribution in [3.8, 4) is 0 Å². The Kier molecular flexibility index (Phi) is 6.24. The standard InChI is InChI=1S/C17H25N3O.ClH/c1-13(14-5-3-2-4-6-14)18-17(21)12-20-10-9-15-7-8-16(11-20)19-15;/h2-6,13,15-16,19H,7-12H2,1H3,(H,18,21);1H. The van der Waals surface area contributed by atoms with Gasteiger partial charge in [0.1, 0.15) is 0 Å². The Labute approximate surface area is 139 Å². The minimum Gasteiger partial charge on any atom is -0.348 e. The van der Waals surface area contributed by atoms with E-state index in [1.807, 2.05) is 25.1 Å². The van der Waals surface area contributed by atoms with Crippen molar-refractivity contribution >= 4 is 18.3 Å². The second-order valence-corrected chi connectivity index (χ2v) is 6.36. The molecule has 0 radical (unpaired) electrons. The van der Waals surface area contributed by atoms with Crippen LogP contribution >= 0.6 is 12.4 Å². The highest BCUT2D eigenvalue weighted by atomic mass is 35.5. The number of carbonyl (C=O) groups is 1. The summed E-state index contributed by atoms with van der Waals surface area (Å²) in [6.45, 7) is 4.59. The van der Waals surface area contributed by atoms with Gasteiger partial charge in [0.15, 0.2) is 0 Å². The minimum atomic E-state index is 0. The zero-order valence-corrected chi connectivity index (χ0v) is 13.9. The quantitative estimate of drug-likeness (QED) is 0.892. The van der Waals surface area contributed by atoms with Gasteiger partial charge in [0.05, 0.1) is 12.6 Å². The maximum atomic E-state index is 12.2. The molecule has 2 N–H and O–H groups in total. The fourth-order valence-corrected chi connectivity index (χ4v) is 3.47. The highest BCUT2D eigenvalue weighted by molar-refractivity contribution is 5.85. The van der Waals surface area contributed by atoms with Gasteiger partial charge in [-0.2, -0.15) is 0 Å². The van der Waals surface area contributed by atoms with Crippen LogP contribution in [0.1, 0.15) is 37.8 Å². The topological polar surface area (TPSA) is 44.4 Å². The number of rotatable bonds is 4. The fourth-order valence-electron chi connectivity index (χ4n) is 3.47. The molecule has 0 aliphatic carbocycles. The van der Waals surface area contributed by atoms with Crippen LogP contribution < -0.4 is 10.6 Å². The third-order valence-corrected chi connectivity index (χ3v) is 4.65. The minimum absolute atomic E-state index is 0. The molecule has 0 aromatic heterocycles. The summed E-state index contributed by atoms with van der Waals surface area (Å²) in [6.07, 6.45) is 3.72. The van der Waals surface area contributed by atoms with Gasteiger partial charge in [-0.05, 0) is 31.7 Å². The van der Waals surface area contributed by atoms with Crippen molar-refractivity contribution in [2.75, 3.05) is 19.6 Å².